The van der Waals surface area contributed by atoms with Gasteiger partial charge in [-0.2, -0.15) is 0 Å². The summed E-state index contributed by atoms with van der Waals surface area (Å²) < 4.78 is 12.4. The summed E-state index contributed by atoms with van der Waals surface area (Å²) in [6, 6.07) is 3.60. The first kappa shape index (κ1) is 17.8. The second kappa shape index (κ2) is 7.34. The Balaban J connectivity index is 2.81. The number of methoxy groups -OCH3 is 2. The maximum Gasteiger partial charge on any atom is 0.253 e. The number of rotatable bonds is 6. The fourth-order valence-electron chi connectivity index (χ4n) is 2.87. The van der Waals surface area contributed by atoms with Crippen molar-refractivity contribution in [2.24, 2.45) is 0 Å². The van der Waals surface area contributed by atoms with Crippen molar-refractivity contribution in [3.63, 3.8) is 0 Å². The smallest absolute Gasteiger partial charge is 0.253 e. The minimum absolute atomic E-state index is 0.0150. The van der Waals surface area contributed by atoms with Crippen LogP contribution in [0.25, 0.3) is 11.1 Å². The highest BCUT2D eigenvalue weighted by molar-refractivity contribution is 5.90. The second-order valence-corrected chi connectivity index (χ2v) is 5.67. The molecule has 0 unspecified atom stereocenters. The minimum Gasteiger partial charge on any atom is -0.496 e. The first-order valence-corrected chi connectivity index (χ1v) is 7.91. The van der Waals surface area contributed by atoms with Gasteiger partial charge in [0.15, 0.2) is 6.29 Å². The Labute approximate surface area is 141 Å². The van der Waals surface area contributed by atoms with E-state index in [0.717, 1.165) is 29.4 Å². The van der Waals surface area contributed by atoms with Gasteiger partial charge in [-0.15, -0.1) is 0 Å². The van der Waals surface area contributed by atoms with E-state index in [4.69, 9.17) is 9.47 Å². The summed E-state index contributed by atoms with van der Waals surface area (Å²) in [7, 11) is 3.04. The Morgan fingerprint density at radius 1 is 1.08 bits per heavy atom. The number of nitrogens with zero attached hydrogens (tertiary/aromatic N) is 1. The Morgan fingerprint density at radius 2 is 1.79 bits per heavy atom. The minimum atomic E-state index is 0.0150. The molecule has 1 aromatic carbocycles. The lowest BCUT2D eigenvalue weighted by molar-refractivity contribution is 0.111. The number of aromatic nitrogens is 1. The van der Waals surface area contributed by atoms with Crippen LogP contribution in [0.5, 0.6) is 11.5 Å². The van der Waals surface area contributed by atoms with E-state index in [1.54, 1.807) is 10.6 Å². The summed E-state index contributed by atoms with van der Waals surface area (Å²) in [6.45, 7) is 6.41. The molecule has 0 bridgehead atoms. The van der Waals surface area contributed by atoms with Crippen molar-refractivity contribution in [3.05, 3.63) is 45.4 Å². The third-order valence-electron chi connectivity index (χ3n) is 4.29. The number of ether oxygens (including phenoxy) is 2. The number of hydrogen-bond acceptors (Lipinski definition) is 4. The maximum absolute atomic E-state index is 12.4. The lowest BCUT2D eigenvalue weighted by Gasteiger charge is -2.18. The van der Waals surface area contributed by atoms with Gasteiger partial charge in [-0.3, -0.25) is 9.59 Å². The highest BCUT2D eigenvalue weighted by Gasteiger charge is 2.19. The first-order valence-electron chi connectivity index (χ1n) is 7.91. The zero-order valence-electron chi connectivity index (χ0n) is 14.8. The quantitative estimate of drug-likeness (QED) is 0.763. The van der Waals surface area contributed by atoms with Crippen molar-refractivity contribution in [1.29, 1.82) is 0 Å². The molecule has 0 saturated heterocycles. The van der Waals surface area contributed by atoms with E-state index in [-0.39, 0.29) is 5.56 Å². The molecule has 0 saturated carbocycles. The van der Waals surface area contributed by atoms with Crippen LogP contribution in [0.3, 0.4) is 0 Å². The van der Waals surface area contributed by atoms with Crippen molar-refractivity contribution >= 4 is 6.29 Å². The van der Waals surface area contributed by atoms with Crippen LogP contribution in [0.2, 0.25) is 0 Å². The van der Waals surface area contributed by atoms with Gasteiger partial charge in [0.1, 0.15) is 11.5 Å². The van der Waals surface area contributed by atoms with Crippen molar-refractivity contribution in [1.82, 2.24) is 4.57 Å². The summed E-state index contributed by atoms with van der Waals surface area (Å²) in [5.74, 6) is 0.912. The average Bonchev–Trinajstić information content (AvgIpc) is 2.60. The summed E-state index contributed by atoms with van der Waals surface area (Å²) in [4.78, 5) is 23.9. The van der Waals surface area contributed by atoms with E-state index in [2.05, 4.69) is 0 Å². The van der Waals surface area contributed by atoms with Crippen molar-refractivity contribution in [2.45, 2.75) is 33.7 Å². The molecular weight excluding hydrogens is 306 g/mol. The maximum atomic E-state index is 12.4. The van der Waals surface area contributed by atoms with E-state index in [1.807, 2.05) is 33.0 Å². The van der Waals surface area contributed by atoms with Crippen LogP contribution in [0, 0.1) is 13.8 Å². The Kier molecular flexibility index (Phi) is 5.44. The van der Waals surface area contributed by atoms with Gasteiger partial charge in [0, 0.05) is 29.4 Å². The number of hydrogen-bond donors (Lipinski definition) is 0. The molecule has 0 radical (unpaired) electrons. The Morgan fingerprint density at radius 3 is 2.33 bits per heavy atom. The van der Waals surface area contributed by atoms with Gasteiger partial charge < -0.3 is 14.0 Å². The molecule has 0 spiro atoms. The summed E-state index contributed by atoms with van der Waals surface area (Å²) in [6.07, 6.45) is 3.43. The molecule has 1 heterocycles. The van der Waals surface area contributed by atoms with Crippen LogP contribution < -0.4 is 15.0 Å². The molecule has 2 rings (SSSR count). The Bertz CT molecular complexity index is 821. The normalized spacial score (nSPS) is 10.5. The number of aryl methyl sites for hydroxylation is 1. The fourth-order valence-corrected chi connectivity index (χ4v) is 2.87. The number of benzene rings is 1. The lowest BCUT2D eigenvalue weighted by atomic mass is 9.96. The van der Waals surface area contributed by atoms with Crippen LogP contribution in [-0.2, 0) is 6.54 Å². The monoisotopic (exact) mass is 329 g/mol. The Hall–Kier alpha value is -2.56. The molecule has 5 nitrogen and oxygen atoms in total. The van der Waals surface area contributed by atoms with Gasteiger partial charge in [0.05, 0.1) is 19.8 Å². The molecule has 24 heavy (non-hydrogen) atoms. The molecule has 0 aliphatic carbocycles. The second-order valence-electron chi connectivity index (χ2n) is 5.67. The average molecular weight is 329 g/mol. The number of aldehydes is 1. The van der Waals surface area contributed by atoms with Gasteiger partial charge in [-0.05, 0) is 38.0 Å². The van der Waals surface area contributed by atoms with Crippen LogP contribution in [-0.4, -0.2) is 25.1 Å². The third kappa shape index (κ3) is 2.94. The van der Waals surface area contributed by atoms with Crippen LogP contribution in [0.15, 0.2) is 23.1 Å². The van der Waals surface area contributed by atoms with Crippen molar-refractivity contribution in [2.75, 3.05) is 14.2 Å². The predicted molar refractivity (Wildman–Crippen MR) is 94.4 cm³/mol. The van der Waals surface area contributed by atoms with E-state index in [1.165, 1.54) is 14.2 Å². The third-order valence-corrected chi connectivity index (χ3v) is 4.29. The summed E-state index contributed by atoms with van der Waals surface area (Å²) in [5, 5.41) is 0. The summed E-state index contributed by atoms with van der Waals surface area (Å²) in [5.41, 5.74) is 3.61. The van der Waals surface area contributed by atoms with Crippen molar-refractivity contribution < 1.29 is 14.3 Å². The molecule has 0 N–H and O–H groups in total. The highest BCUT2D eigenvalue weighted by atomic mass is 16.5. The van der Waals surface area contributed by atoms with Gasteiger partial charge in [0.25, 0.3) is 5.56 Å². The van der Waals surface area contributed by atoms with Gasteiger partial charge >= 0.3 is 0 Å². The highest BCUT2D eigenvalue weighted by Crippen LogP contribution is 2.38. The molecule has 0 aliphatic heterocycles. The van der Waals surface area contributed by atoms with Crippen LogP contribution in [0.1, 0.15) is 34.8 Å². The molecule has 1 aromatic heterocycles. The molecule has 5 heteroatoms. The topological polar surface area (TPSA) is 57.5 Å². The first-order chi connectivity index (χ1) is 11.5. The summed E-state index contributed by atoms with van der Waals surface area (Å²) >= 11 is 0. The molecule has 2 aromatic rings. The zero-order chi connectivity index (χ0) is 17.9. The fraction of sp³-hybridized carbons (Fsp3) is 0.368. The SMILES string of the molecule is CCCn1cc(-c2ccc(OC)c(C=O)c2OC)c(C)c(C)c1=O. The van der Waals surface area contributed by atoms with Gasteiger partial charge in [-0.25, -0.2) is 0 Å². The number of carbonyl (C=O) groups is 1. The van der Waals surface area contributed by atoms with E-state index in [9.17, 15) is 9.59 Å². The molecule has 128 valence electrons. The lowest BCUT2D eigenvalue weighted by Crippen LogP contribution is -2.23. The standard InChI is InChI=1S/C19H23NO4/c1-6-9-20-10-15(12(2)13(3)19(20)22)14-7-8-17(23-4)16(11-21)18(14)24-5/h7-8,10-11H,6,9H2,1-5H3. The molecule has 0 fully saturated rings. The van der Waals surface area contributed by atoms with E-state index in [0.29, 0.717) is 29.2 Å². The van der Waals surface area contributed by atoms with Crippen LogP contribution in [0.4, 0.5) is 0 Å². The molecule has 0 aliphatic rings. The van der Waals surface area contributed by atoms with Crippen LogP contribution >= 0.6 is 0 Å². The predicted octanol–water partition coefficient (Wildman–Crippen LogP) is 3.37. The van der Waals surface area contributed by atoms with E-state index < -0.39 is 0 Å². The molecular formula is C19H23NO4. The molecule has 0 atom stereocenters. The largest absolute Gasteiger partial charge is 0.496 e. The van der Waals surface area contributed by atoms with Gasteiger partial charge in [-0.1, -0.05) is 6.92 Å². The zero-order valence-corrected chi connectivity index (χ0v) is 14.8. The van der Waals surface area contributed by atoms with E-state index >= 15 is 0 Å². The molecule has 0 amide bonds. The number of carbonyl (C=O) groups excluding carboxylic acids is 1. The van der Waals surface area contributed by atoms with Crippen molar-refractivity contribution in [3.8, 4) is 22.6 Å². The van der Waals surface area contributed by atoms with Gasteiger partial charge in [0.2, 0.25) is 0 Å². The number of pyridine rings is 1.